The molecule has 0 bridgehead atoms. The van der Waals surface area contributed by atoms with Crippen molar-refractivity contribution in [2.24, 2.45) is 5.92 Å². The van der Waals surface area contributed by atoms with Crippen LogP contribution in [-0.2, 0) is 47.4 Å². The third-order valence-corrected chi connectivity index (χ3v) is 13.2. The van der Waals surface area contributed by atoms with Crippen molar-refractivity contribution in [2.45, 2.75) is 227 Å². The zero-order valence-electron chi connectivity index (χ0n) is 39.2. The first kappa shape index (κ1) is 57.3. The predicted molar refractivity (Wildman–Crippen MR) is 228 cm³/mol. The molecule has 0 aliphatic carbocycles. The minimum absolute atomic E-state index is 0.0258. The Morgan fingerprint density at radius 1 is 0.485 bits per heavy atom. The predicted octanol–water partition coefficient (Wildman–Crippen LogP) is -4.39. The largest absolute Gasteiger partial charge is 0.470 e. The smallest absolute Gasteiger partial charge is 0.228 e. The minimum atomic E-state index is -1.79. The van der Waals surface area contributed by atoms with Gasteiger partial charge in [0.1, 0.15) is 97.7 Å². The van der Waals surface area contributed by atoms with E-state index in [1.54, 1.807) is 6.92 Å². The molecule has 5 aliphatic rings. The second-order valence-electron chi connectivity index (χ2n) is 18.8. The standard InChI is InChI=1S/C44H76O24/c1-17(9-7-11-18(2)15-59-43-38(33(55)28(50)23(13-45)64-43)67-41-35(57)31(53)26(48)21(5)62-41)10-8-12-19(3)16-60-44-39(68-42-36(58)32(54)27(49)22(6)63-42)37(29(51)24(14-46)65-44)66-40-34(56)30(52)25(47)20(4)61-40/h10,16,18,20-58H,7-9,11-15H2,1-6H3/b17-10+,19-16+/t18?,20-,21-,22-,23+,24+,25-,26+,27+,28+,29+,30+,31+,32+,33-,34+,35+,36+,37-,38+,39+,40-,41-,42-,43+,44+/m0/s1. The van der Waals surface area contributed by atoms with Crippen molar-refractivity contribution in [3.8, 4) is 0 Å². The molecule has 1 unspecified atom stereocenters. The molecule has 5 fully saturated rings. The van der Waals surface area contributed by atoms with Crippen molar-refractivity contribution in [3.05, 3.63) is 23.5 Å². The van der Waals surface area contributed by atoms with Gasteiger partial charge in [0.2, 0.25) is 6.29 Å². The molecular formula is C44H76O24. The van der Waals surface area contributed by atoms with Gasteiger partial charge in [-0.3, -0.25) is 0 Å². The summed E-state index contributed by atoms with van der Waals surface area (Å²) in [5.74, 6) is -0.0258. The summed E-state index contributed by atoms with van der Waals surface area (Å²) in [6.07, 6.45) is -30.2. The first-order chi connectivity index (χ1) is 32.1. The van der Waals surface area contributed by atoms with Crippen molar-refractivity contribution in [2.75, 3.05) is 19.8 Å². The molecule has 396 valence electrons. The van der Waals surface area contributed by atoms with Crippen LogP contribution in [0, 0.1) is 5.92 Å². The number of hydrogen-bond acceptors (Lipinski definition) is 24. The molecular weight excluding hydrogens is 912 g/mol. The van der Waals surface area contributed by atoms with E-state index in [-0.39, 0.29) is 12.5 Å². The second-order valence-corrected chi connectivity index (χ2v) is 18.8. The Morgan fingerprint density at radius 2 is 0.941 bits per heavy atom. The van der Waals surface area contributed by atoms with Crippen LogP contribution in [0.3, 0.4) is 0 Å². The quantitative estimate of drug-likeness (QED) is 0.0405. The minimum Gasteiger partial charge on any atom is -0.470 e. The lowest BCUT2D eigenvalue weighted by Crippen LogP contribution is -2.66. The van der Waals surface area contributed by atoms with Crippen LogP contribution in [0.4, 0.5) is 0 Å². The molecule has 0 radical (unpaired) electrons. The average molecular weight is 989 g/mol. The van der Waals surface area contributed by atoms with E-state index in [1.807, 2.05) is 13.8 Å². The Balaban J connectivity index is 1.15. The lowest BCUT2D eigenvalue weighted by atomic mass is 9.96. The third-order valence-electron chi connectivity index (χ3n) is 13.2. The molecule has 0 saturated carbocycles. The van der Waals surface area contributed by atoms with Gasteiger partial charge in [-0.15, -0.1) is 0 Å². The number of aliphatic hydroxyl groups excluding tert-OH is 14. The van der Waals surface area contributed by atoms with Crippen molar-refractivity contribution < 1.29 is 119 Å². The Labute approximate surface area is 394 Å². The molecule has 0 spiro atoms. The van der Waals surface area contributed by atoms with E-state index in [0.29, 0.717) is 19.3 Å². The molecule has 5 heterocycles. The molecule has 24 heteroatoms. The summed E-state index contributed by atoms with van der Waals surface area (Å²) in [6, 6.07) is 0. The van der Waals surface area contributed by atoms with Crippen LogP contribution in [0.2, 0.25) is 0 Å². The van der Waals surface area contributed by atoms with Gasteiger partial charge in [0.25, 0.3) is 0 Å². The van der Waals surface area contributed by atoms with Gasteiger partial charge in [-0.25, -0.2) is 0 Å². The molecule has 68 heavy (non-hydrogen) atoms. The fraction of sp³-hybridized carbons (Fsp3) is 0.909. The molecule has 24 nitrogen and oxygen atoms in total. The second kappa shape index (κ2) is 25.8. The number of hydrogen-bond donors (Lipinski definition) is 14. The fourth-order valence-corrected chi connectivity index (χ4v) is 8.59. The van der Waals surface area contributed by atoms with Crippen LogP contribution in [0.15, 0.2) is 23.5 Å². The van der Waals surface area contributed by atoms with Crippen LogP contribution in [0.5, 0.6) is 0 Å². The van der Waals surface area contributed by atoms with Gasteiger partial charge in [-0.1, -0.05) is 18.6 Å². The summed E-state index contributed by atoms with van der Waals surface area (Å²) in [7, 11) is 0. The lowest BCUT2D eigenvalue weighted by Gasteiger charge is -2.48. The summed E-state index contributed by atoms with van der Waals surface area (Å²) in [5, 5.41) is 146. The third kappa shape index (κ3) is 13.9. The molecule has 5 aliphatic heterocycles. The van der Waals surface area contributed by atoms with Crippen molar-refractivity contribution in [1.82, 2.24) is 0 Å². The summed E-state index contributed by atoms with van der Waals surface area (Å²) in [5.41, 5.74) is 1.83. The monoisotopic (exact) mass is 988 g/mol. The van der Waals surface area contributed by atoms with Gasteiger partial charge in [0.05, 0.1) is 44.4 Å². The molecule has 5 saturated heterocycles. The van der Waals surface area contributed by atoms with E-state index >= 15 is 0 Å². The van der Waals surface area contributed by atoms with Gasteiger partial charge in [-0.05, 0) is 78.2 Å². The summed E-state index contributed by atoms with van der Waals surface area (Å²) in [4.78, 5) is 0. The molecule has 0 amide bonds. The zero-order chi connectivity index (χ0) is 50.3. The first-order valence-electron chi connectivity index (χ1n) is 23.3. The van der Waals surface area contributed by atoms with Crippen LogP contribution >= 0.6 is 0 Å². The van der Waals surface area contributed by atoms with Gasteiger partial charge >= 0.3 is 0 Å². The molecule has 0 aromatic carbocycles. The van der Waals surface area contributed by atoms with Crippen molar-refractivity contribution in [1.29, 1.82) is 0 Å². The average Bonchev–Trinajstić information content (AvgIpc) is 3.31. The lowest BCUT2D eigenvalue weighted by molar-refractivity contribution is -0.385. The summed E-state index contributed by atoms with van der Waals surface area (Å²) < 4.78 is 58.2. The van der Waals surface area contributed by atoms with E-state index in [2.05, 4.69) is 6.08 Å². The van der Waals surface area contributed by atoms with Gasteiger partial charge in [-0.2, -0.15) is 0 Å². The highest BCUT2D eigenvalue weighted by atomic mass is 16.8. The number of rotatable bonds is 20. The van der Waals surface area contributed by atoms with Gasteiger partial charge < -0.3 is 119 Å². The molecule has 0 aromatic heterocycles. The van der Waals surface area contributed by atoms with Gasteiger partial charge in [0.15, 0.2) is 31.3 Å². The normalized spacial score (nSPS) is 46.9. The maximum absolute atomic E-state index is 11.3. The molecule has 26 atom stereocenters. The fourth-order valence-electron chi connectivity index (χ4n) is 8.59. The Hall–Kier alpha value is -1.64. The Bertz CT molecular complexity index is 1580. The number of ether oxygens (including phenoxy) is 10. The van der Waals surface area contributed by atoms with Crippen LogP contribution in [0.1, 0.15) is 73.6 Å². The molecule has 0 aromatic rings. The van der Waals surface area contributed by atoms with E-state index < -0.39 is 167 Å². The Morgan fingerprint density at radius 3 is 1.44 bits per heavy atom. The van der Waals surface area contributed by atoms with Gasteiger partial charge in [0, 0.05) is 0 Å². The summed E-state index contributed by atoms with van der Waals surface area (Å²) in [6.45, 7) is 8.83. The van der Waals surface area contributed by atoms with Crippen LogP contribution < -0.4 is 0 Å². The van der Waals surface area contributed by atoms with E-state index in [9.17, 15) is 71.5 Å². The van der Waals surface area contributed by atoms with Crippen molar-refractivity contribution >= 4 is 0 Å². The summed E-state index contributed by atoms with van der Waals surface area (Å²) >= 11 is 0. The topological polar surface area (TPSA) is 376 Å². The van der Waals surface area contributed by atoms with Crippen LogP contribution in [0.25, 0.3) is 0 Å². The SMILES string of the molecule is C/C(=C\O[C@@H]1O[C@H](CO)[C@@H](O)[C@H](O[C@@H]2O[C@@H](C)[C@H](O)[C@@H](O)[C@H]2O)[C@H]1O[C@@H]1O[C@@H](C)[C@@H](O)[C@@H](O)[C@H]1O)CC/C=C(\C)CCCC(C)CO[C@@H]1O[C@H](CO)[C@@H](O)[C@H](O)[C@H]1O[C@@H]1O[C@@H](C)[C@@H](O)[C@@H](O)[C@H]1O. The highest BCUT2D eigenvalue weighted by Crippen LogP contribution is 2.35. The zero-order valence-corrected chi connectivity index (χ0v) is 39.2. The number of allylic oxidation sites excluding steroid dienone is 3. The van der Waals surface area contributed by atoms with E-state index in [1.165, 1.54) is 27.0 Å². The highest BCUT2D eigenvalue weighted by Gasteiger charge is 2.55. The number of aliphatic hydroxyl groups is 14. The molecule has 14 N–H and O–H groups in total. The maximum Gasteiger partial charge on any atom is 0.228 e. The van der Waals surface area contributed by atoms with E-state index in [4.69, 9.17) is 47.4 Å². The van der Waals surface area contributed by atoms with Crippen LogP contribution in [-0.4, -0.2) is 245 Å². The highest BCUT2D eigenvalue weighted by molar-refractivity contribution is 5.03. The Kier molecular flexibility index (Phi) is 21.8. The van der Waals surface area contributed by atoms with Crippen molar-refractivity contribution in [3.63, 3.8) is 0 Å². The molecule has 5 rings (SSSR count). The first-order valence-corrected chi connectivity index (χ1v) is 23.3. The van der Waals surface area contributed by atoms with E-state index in [0.717, 1.165) is 24.0 Å². The maximum atomic E-state index is 11.3.